The van der Waals surface area contributed by atoms with Crippen molar-refractivity contribution < 1.29 is 4.42 Å². The van der Waals surface area contributed by atoms with Crippen molar-refractivity contribution in [2.75, 3.05) is 28.8 Å². The van der Waals surface area contributed by atoms with Gasteiger partial charge in [0, 0.05) is 71.9 Å². The largest absolute Gasteiger partial charge is 0.454 e. The Morgan fingerprint density at radius 3 is 2.40 bits per heavy atom. The van der Waals surface area contributed by atoms with Gasteiger partial charge >= 0.3 is 0 Å². The number of allylic oxidation sites excluding steroid dienone is 1. The maximum atomic E-state index is 6.71. The van der Waals surface area contributed by atoms with Crippen molar-refractivity contribution in [2.45, 2.75) is 44.4 Å². The van der Waals surface area contributed by atoms with Crippen molar-refractivity contribution in [1.29, 1.82) is 0 Å². The summed E-state index contributed by atoms with van der Waals surface area (Å²) in [4.78, 5) is 19.3. The highest BCUT2D eigenvalue weighted by Gasteiger charge is 2.55. The van der Waals surface area contributed by atoms with Crippen LogP contribution in [0.4, 0.5) is 23.0 Å². The van der Waals surface area contributed by atoms with Gasteiger partial charge in [0.25, 0.3) is 0 Å². The predicted molar refractivity (Wildman–Crippen MR) is 169 cm³/mol. The third kappa shape index (κ3) is 2.67. The number of benzene rings is 3. The van der Waals surface area contributed by atoms with Crippen LogP contribution in [0.15, 0.2) is 95.4 Å². The third-order valence-corrected chi connectivity index (χ3v) is 10.2. The molecule has 4 aliphatic rings. The summed E-state index contributed by atoms with van der Waals surface area (Å²) in [5, 5.41) is 2.31. The Bertz CT molecular complexity index is 2000. The highest BCUT2D eigenvalue weighted by molar-refractivity contribution is 6.13. The molecule has 6 heterocycles. The van der Waals surface area contributed by atoms with Crippen molar-refractivity contribution in [1.82, 2.24) is 14.9 Å². The van der Waals surface area contributed by atoms with E-state index >= 15 is 0 Å². The molecule has 208 valence electrons. The van der Waals surface area contributed by atoms with Crippen molar-refractivity contribution in [3.8, 4) is 0 Å². The Labute approximate surface area is 245 Å². The van der Waals surface area contributed by atoms with Gasteiger partial charge in [-0.2, -0.15) is 0 Å². The molecule has 0 saturated carbocycles. The first-order valence-electron chi connectivity index (χ1n) is 14.9. The minimum Gasteiger partial charge on any atom is -0.454 e. The summed E-state index contributed by atoms with van der Waals surface area (Å²) in [6.07, 6.45) is 9.86. The van der Waals surface area contributed by atoms with Crippen molar-refractivity contribution in [2.24, 2.45) is 0 Å². The summed E-state index contributed by atoms with van der Waals surface area (Å²) in [6.45, 7) is 4.70. The van der Waals surface area contributed by atoms with Gasteiger partial charge in [0.2, 0.25) is 0 Å². The molecule has 3 aromatic carbocycles. The average Bonchev–Trinajstić information content (AvgIpc) is 3.67. The van der Waals surface area contributed by atoms with Gasteiger partial charge in [0.05, 0.1) is 5.69 Å². The lowest BCUT2D eigenvalue weighted by Gasteiger charge is -2.46. The number of rotatable bonds is 2. The molecule has 5 aromatic rings. The van der Waals surface area contributed by atoms with Crippen LogP contribution in [0.25, 0.3) is 27.5 Å². The van der Waals surface area contributed by atoms with E-state index in [0.29, 0.717) is 0 Å². The van der Waals surface area contributed by atoms with E-state index in [-0.39, 0.29) is 17.7 Å². The molecular formula is C35H32N6O. The van der Waals surface area contributed by atoms with Crippen LogP contribution < -0.4 is 14.7 Å². The smallest absolute Gasteiger partial charge is 0.178 e. The predicted octanol–water partition coefficient (Wildman–Crippen LogP) is 7.38. The van der Waals surface area contributed by atoms with E-state index in [9.17, 15) is 0 Å². The first-order chi connectivity index (χ1) is 20.6. The van der Waals surface area contributed by atoms with Crippen LogP contribution in [-0.2, 0) is 5.41 Å². The molecule has 2 unspecified atom stereocenters. The molecule has 0 amide bonds. The number of hydrogen-bond acceptors (Lipinski definition) is 7. The van der Waals surface area contributed by atoms with Gasteiger partial charge in [-0.05, 0) is 42.2 Å². The Kier molecular flexibility index (Phi) is 4.64. The highest BCUT2D eigenvalue weighted by atomic mass is 16.3. The van der Waals surface area contributed by atoms with E-state index in [0.717, 1.165) is 52.1 Å². The fraction of sp³-hybridized carbons (Fsp3) is 0.257. The number of aromatic nitrogens is 2. The topological polar surface area (TPSA) is 51.9 Å². The minimum absolute atomic E-state index is 0.0256. The van der Waals surface area contributed by atoms with E-state index < -0.39 is 0 Å². The van der Waals surface area contributed by atoms with Gasteiger partial charge < -0.3 is 19.1 Å². The first kappa shape index (κ1) is 23.9. The van der Waals surface area contributed by atoms with E-state index in [2.05, 4.69) is 121 Å². The zero-order valence-corrected chi connectivity index (χ0v) is 24.2. The molecule has 0 aliphatic carbocycles. The lowest BCUT2D eigenvalue weighted by Crippen LogP contribution is -2.52. The molecule has 9 rings (SSSR count). The molecule has 0 bridgehead atoms. The first-order valence-corrected chi connectivity index (χ1v) is 14.9. The van der Waals surface area contributed by atoms with Crippen LogP contribution in [0.5, 0.6) is 0 Å². The molecule has 0 radical (unpaired) electrons. The van der Waals surface area contributed by atoms with Gasteiger partial charge in [-0.15, -0.1) is 0 Å². The molecule has 42 heavy (non-hydrogen) atoms. The molecule has 0 N–H and O–H groups in total. The second-order valence-corrected chi connectivity index (χ2v) is 11.9. The van der Waals surface area contributed by atoms with Crippen LogP contribution >= 0.6 is 0 Å². The molecule has 0 saturated heterocycles. The second kappa shape index (κ2) is 8.16. The number of hydrogen-bond donors (Lipinski definition) is 0. The van der Waals surface area contributed by atoms with Crippen molar-refractivity contribution in [3.05, 3.63) is 102 Å². The molecule has 0 fully saturated rings. The standard InChI is InChI=1S/C35H32N6O/c1-5-35(6-2)24-12-8-9-13-25(24)41-32-31(36-17-18-37-32)39(4)34(41)27-28(35)23-16-15-22-21-11-7-10-14-26(21)42-30(22)29(23)40-20-19-38(3)33(27)40/h7-20,33-34H,5-6H2,1-4H3. The Morgan fingerprint density at radius 1 is 0.810 bits per heavy atom. The zero-order valence-electron chi connectivity index (χ0n) is 24.2. The van der Waals surface area contributed by atoms with Crippen LogP contribution in [0, 0.1) is 0 Å². The molecule has 7 heteroatoms. The normalized spacial score (nSPS) is 21.3. The molecule has 7 nitrogen and oxygen atoms in total. The summed E-state index contributed by atoms with van der Waals surface area (Å²) in [5.41, 5.74) is 9.38. The summed E-state index contributed by atoms with van der Waals surface area (Å²) in [7, 11) is 4.36. The number of nitrogens with zero attached hydrogens (tertiary/aromatic N) is 6. The van der Waals surface area contributed by atoms with Crippen molar-refractivity contribution in [3.63, 3.8) is 0 Å². The van der Waals surface area contributed by atoms with Crippen LogP contribution in [-0.4, -0.2) is 41.3 Å². The monoisotopic (exact) mass is 552 g/mol. The third-order valence-electron chi connectivity index (χ3n) is 10.2. The van der Waals surface area contributed by atoms with Crippen LogP contribution in [0.1, 0.15) is 37.8 Å². The lowest BCUT2D eigenvalue weighted by molar-refractivity contribution is 0.379. The number of para-hydroxylation sites is 2. The quantitative estimate of drug-likeness (QED) is 0.227. The molecule has 2 atom stereocenters. The lowest BCUT2D eigenvalue weighted by atomic mass is 9.65. The number of fused-ring (bicyclic) bond motifs is 15. The number of furan rings is 1. The van der Waals surface area contributed by atoms with Gasteiger partial charge in [-0.1, -0.05) is 56.3 Å². The molecular weight excluding hydrogens is 520 g/mol. The van der Waals surface area contributed by atoms with E-state index in [1.807, 2.05) is 6.20 Å². The Balaban J connectivity index is 1.46. The Hall–Kier alpha value is -4.78. The SMILES string of the molecule is CCC1(CC)C2=C(C3N(C)C=CN3c3c2ccc2c3oc3ccccc32)C2N(C)c3nccnc3N2c2ccccc21. The highest BCUT2D eigenvalue weighted by Crippen LogP contribution is 2.61. The zero-order chi connectivity index (χ0) is 28.3. The maximum absolute atomic E-state index is 6.71. The van der Waals surface area contributed by atoms with E-state index in [1.165, 1.54) is 28.0 Å². The van der Waals surface area contributed by atoms with Crippen LogP contribution in [0.2, 0.25) is 0 Å². The second-order valence-electron chi connectivity index (χ2n) is 11.9. The van der Waals surface area contributed by atoms with Crippen LogP contribution in [0.3, 0.4) is 0 Å². The van der Waals surface area contributed by atoms with Gasteiger partial charge in [0.15, 0.2) is 17.2 Å². The van der Waals surface area contributed by atoms with Crippen molar-refractivity contribution >= 4 is 50.5 Å². The molecule has 2 aromatic heterocycles. The summed E-state index contributed by atoms with van der Waals surface area (Å²) in [6, 6.07) is 22.0. The minimum atomic E-state index is -0.219. The van der Waals surface area contributed by atoms with Gasteiger partial charge in [0.1, 0.15) is 17.9 Å². The fourth-order valence-electron chi connectivity index (χ4n) is 8.36. The average molecular weight is 553 g/mol. The summed E-state index contributed by atoms with van der Waals surface area (Å²) >= 11 is 0. The fourth-order valence-corrected chi connectivity index (χ4v) is 8.36. The van der Waals surface area contributed by atoms with Gasteiger partial charge in [-0.25, -0.2) is 9.97 Å². The van der Waals surface area contributed by atoms with Gasteiger partial charge in [-0.3, -0.25) is 4.90 Å². The van der Waals surface area contributed by atoms with E-state index in [4.69, 9.17) is 14.4 Å². The summed E-state index contributed by atoms with van der Waals surface area (Å²) < 4.78 is 6.71. The number of anilines is 4. The van der Waals surface area contributed by atoms with E-state index in [1.54, 1.807) is 6.20 Å². The summed E-state index contributed by atoms with van der Waals surface area (Å²) in [5.74, 6) is 1.81. The molecule has 0 spiro atoms. The number of likely N-dealkylation sites (N-methyl/N-ethyl adjacent to an activating group) is 2. The Morgan fingerprint density at radius 2 is 1.57 bits per heavy atom. The molecule has 4 aliphatic heterocycles. The maximum Gasteiger partial charge on any atom is 0.178 e.